The van der Waals surface area contributed by atoms with Gasteiger partial charge in [0.2, 0.25) is 0 Å². The Morgan fingerprint density at radius 2 is 2.00 bits per heavy atom. The fraction of sp³-hybridized carbons (Fsp3) is 0.154. The van der Waals surface area contributed by atoms with Crippen LogP contribution in [0.2, 0.25) is 0 Å². The molecule has 1 aromatic heterocycles. The molecule has 2 rings (SSSR count). The van der Waals surface area contributed by atoms with Crippen LogP contribution in [0, 0.1) is 6.92 Å². The number of nitrogens with one attached hydrogen (secondary N) is 1. The van der Waals surface area contributed by atoms with E-state index >= 15 is 0 Å². The number of aryl methyl sites for hydroxylation is 1. The predicted octanol–water partition coefficient (Wildman–Crippen LogP) is 2.96. The molecule has 0 bridgehead atoms. The average Bonchev–Trinajstić information content (AvgIpc) is 2.40. The van der Waals surface area contributed by atoms with Gasteiger partial charge in [-0.1, -0.05) is 6.07 Å². The zero-order valence-corrected chi connectivity index (χ0v) is 13.3. The van der Waals surface area contributed by atoms with Gasteiger partial charge >= 0.3 is 0 Å². The summed E-state index contributed by atoms with van der Waals surface area (Å²) in [6.07, 6.45) is 2.80. The van der Waals surface area contributed by atoms with Gasteiger partial charge in [-0.3, -0.25) is 9.71 Å². The molecule has 0 aliphatic heterocycles. The summed E-state index contributed by atoms with van der Waals surface area (Å²) < 4.78 is 32.8. The van der Waals surface area contributed by atoms with E-state index in [1.165, 1.54) is 25.6 Å². The fourth-order valence-electron chi connectivity index (χ4n) is 1.63. The minimum Gasteiger partial charge on any atom is -0.495 e. The van der Waals surface area contributed by atoms with Crippen molar-refractivity contribution in [1.29, 1.82) is 0 Å². The number of methoxy groups -OCH3 is 1. The van der Waals surface area contributed by atoms with Crippen LogP contribution in [0.3, 0.4) is 0 Å². The number of anilines is 1. The second-order valence-corrected chi connectivity index (χ2v) is 6.75. The number of pyridine rings is 1. The Labute approximate surface area is 126 Å². The summed E-state index contributed by atoms with van der Waals surface area (Å²) in [7, 11) is -2.21. The van der Waals surface area contributed by atoms with Crippen molar-refractivity contribution in [3.05, 3.63) is 46.7 Å². The van der Waals surface area contributed by atoms with Gasteiger partial charge in [-0.2, -0.15) is 0 Å². The van der Waals surface area contributed by atoms with Crippen LogP contribution in [0.1, 0.15) is 5.56 Å². The second kappa shape index (κ2) is 5.80. The molecule has 1 aromatic carbocycles. The first-order valence-corrected chi connectivity index (χ1v) is 7.98. The summed E-state index contributed by atoms with van der Waals surface area (Å²) >= 11 is 3.20. The molecule has 5 nitrogen and oxygen atoms in total. The molecule has 0 aliphatic carbocycles. The Morgan fingerprint density at radius 1 is 1.25 bits per heavy atom. The zero-order chi connectivity index (χ0) is 14.8. The van der Waals surface area contributed by atoms with Crippen LogP contribution in [0.15, 0.2) is 46.0 Å². The Kier molecular flexibility index (Phi) is 4.29. The van der Waals surface area contributed by atoms with Crippen molar-refractivity contribution in [2.75, 3.05) is 11.8 Å². The Hall–Kier alpha value is -1.60. The van der Waals surface area contributed by atoms with Gasteiger partial charge in [0.05, 0.1) is 12.8 Å². The molecule has 0 radical (unpaired) electrons. The van der Waals surface area contributed by atoms with E-state index in [1.54, 1.807) is 18.2 Å². The van der Waals surface area contributed by atoms with Crippen molar-refractivity contribution < 1.29 is 13.2 Å². The number of aromatic nitrogens is 1. The van der Waals surface area contributed by atoms with Crippen molar-refractivity contribution in [2.24, 2.45) is 0 Å². The molecule has 1 N–H and O–H groups in total. The third-order valence-electron chi connectivity index (χ3n) is 2.59. The maximum atomic E-state index is 12.3. The van der Waals surface area contributed by atoms with Crippen molar-refractivity contribution in [3.63, 3.8) is 0 Å². The summed E-state index contributed by atoms with van der Waals surface area (Å²) in [5.41, 5.74) is 1.37. The number of rotatable bonds is 4. The van der Waals surface area contributed by atoms with E-state index < -0.39 is 10.0 Å². The highest BCUT2D eigenvalue weighted by atomic mass is 79.9. The van der Waals surface area contributed by atoms with Gasteiger partial charge in [-0.25, -0.2) is 8.42 Å². The third-order valence-corrected chi connectivity index (χ3v) is 4.36. The van der Waals surface area contributed by atoms with Crippen molar-refractivity contribution >= 4 is 31.6 Å². The van der Waals surface area contributed by atoms with Crippen molar-refractivity contribution in [1.82, 2.24) is 4.98 Å². The smallest absolute Gasteiger partial charge is 0.263 e. The fourth-order valence-corrected chi connectivity index (χ4v) is 3.20. The lowest BCUT2D eigenvalue weighted by Gasteiger charge is -2.12. The van der Waals surface area contributed by atoms with E-state index in [4.69, 9.17) is 4.74 Å². The molecule has 0 saturated heterocycles. The lowest BCUT2D eigenvalue weighted by molar-refractivity contribution is 0.416. The van der Waals surface area contributed by atoms with Gasteiger partial charge in [0, 0.05) is 16.9 Å². The second-order valence-electron chi connectivity index (χ2n) is 4.15. The van der Waals surface area contributed by atoms with E-state index in [2.05, 4.69) is 25.6 Å². The minimum absolute atomic E-state index is 0.0782. The maximum absolute atomic E-state index is 12.3. The highest BCUT2D eigenvalue weighted by molar-refractivity contribution is 9.10. The van der Waals surface area contributed by atoms with Gasteiger partial charge in [-0.05, 0) is 46.6 Å². The van der Waals surface area contributed by atoms with E-state index in [9.17, 15) is 8.42 Å². The summed E-state index contributed by atoms with van der Waals surface area (Å²) in [5, 5.41) is 0. The van der Waals surface area contributed by atoms with E-state index in [-0.39, 0.29) is 4.90 Å². The van der Waals surface area contributed by atoms with Crippen LogP contribution in [-0.4, -0.2) is 20.5 Å². The Balaban J connectivity index is 2.38. The lowest BCUT2D eigenvalue weighted by Crippen LogP contribution is -2.14. The number of nitrogens with zero attached hydrogens (tertiary/aromatic N) is 1. The summed E-state index contributed by atoms with van der Waals surface area (Å²) in [5.74, 6) is 0.469. The summed E-state index contributed by atoms with van der Waals surface area (Å²) in [6, 6.07) is 6.71. The molecule has 106 valence electrons. The average molecular weight is 357 g/mol. The standard InChI is InChI=1S/C13H13BrN2O3S/c1-9-3-4-12(13(5-9)19-2)16-20(17,18)11-6-10(14)7-15-8-11/h3-8,16H,1-2H3. The van der Waals surface area contributed by atoms with Gasteiger partial charge < -0.3 is 4.74 Å². The van der Waals surface area contributed by atoms with E-state index in [1.807, 2.05) is 6.92 Å². The number of ether oxygens (including phenoxy) is 1. The first-order valence-electron chi connectivity index (χ1n) is 5.70. The van der Waals surface area contributed by atoms with Crippen molar-refractivity contribution in [2.45, 2.75) is 11.8 Å². The lowest BCUT2D eigenvalue weighted by atomic mass is 10.2. The summed E-state index contributed by atoms with van der Waals surface area (Å²) in [6.45, 7) is 1.90. The molecule has 0 atom stereocenters. The number of hydrogen-bond acceptors (Lipinski definition) is 4. The van der Waals surface area contributed by atoms with Gasteiger partial charge in [0.15, 0.2) is 0 Å². The quantitative estimate of drug-likeness (QED) is 0.914. The van der Waals surface area contributed by atoms with Crippen LogP contribution in [0.5, 0.6) is 5.75 Å². The first kappa shape index (κ1) is 14.8. The van der Waals surface area contributed by atoms with E-state index in [0.717, 1.165) is 5.56 Å². The number of hydrogen-bond donors (Lipinski definition) is 1. The predicted molar refractivity (Wildman–Crippen MR) is 80.5 cm³/mol. The molecule has 0 aliphatic rings. The molecule has 0 saturated carbocycles. The molecule has 0 amide bonds. The normalized spacial score (nSPS) is 11.2. The molecule has 0 unspecified atom stereocenters. The molecule has 2 aromatic rings. The summed E-state index contributed by atoms with van der Waals surface area (Å²) in [4.78, 5) is 3.93. The first-order chi connectivity index (χ1) is 9.42. The topological polar surface area (TPSA) is 68.3 Å². The Bertz CT molecular complexity index is 732. The van der Waals surface area contributed by atoms with Gasteiger partial charge in [0.1, 0.15) is 10.6 Å². The Morgan fingerprint density at radius 3 is 2.65 bits per heavy atom. The SMILES string of the molecule is COc1cc(C)ccc1NS(=O)(=O)c1cncc(Br)c1. The monoisotopic (exact) mass is 356 g/mol. The molecule has 0 spiro atoms. The largest absolute Gasteiger partial charge is 0.495 e. The number of halogens is 1. The number of sulfonamides is 1. The van der Waals surface area contributed by atoms with Crippen LogP contribution in [0.4, 0.5) is 5.69 Å². The minimum atomic E-state index is -3.70. The van der Waals surface area contributed by atoms with Crippen LogP contribution >= 0.6 is 15.9 Å². The van der Waals surface area contributed by atoms with E-state index in [0.29, 0.717) is 15.9 Å². The zero-order valence-electron chi connectivity index (χ0n) is 10.9. The highest BCUT2D eigenvalue weighted by Crippen LogP contribution is 2.28. The molecule has 7 heteroatoms. The maximum Gasteiger partial charge on any atom is 0.263 e. The number of benzene rings is 1. The molecular formula is C13H13BrN2O3S. The highest BCUT2D eigenvalue weighted by Gasteiger charge is 2.17. The van der Waals surface area contributed by atoms with Crippen LogP contribution in [-0.2, 0) is 10.0 Å². The van der Waals surface area contributed by atoms with Crippen LogP contribution in [0.25, 0.3) is 0 Å². The van der Waals surface area contributed by atoms with Crippen LogP contribution < -0.4 is 9.46 Å². The van der Waals surface area contributed by atoms with Gasteiger partial charge in [0.25, 0.3) is 10.0 Å². The third kappa shape index (κ3) is 3.29. The molecule has 0 fully saturated rings. The molecule has 1 heterocycles. The van der Waals surface area contributed by atoms with Crippen molar-refractivity contribution in [3.8, 4) is 5.75 Å². The van der Waals surface area contributed by atoms with Gasteiger partial charge in [-0.15, -0.1) is 0 Å². The molecule has 20 heavy (non-hydrogen) atoms. The molecular weight excluding hydrogens is 344 g/mol.